The molecule has 1 fully saturated rings. The minimum Gasteiger partial charge on any atom is -0.398 e. The number of hydrogen-bond donors (Lipinski definition) is 2. The average molecular weight is 267 g/mol. The molecule has 1 aromatic heterocycles. The van der Waals surface area contributed by atoms with Crippen molar-refractivity contribution in [3.63, 3.8) is 0 Å². The summed E-state index contributed by atoms with van der Waals surface area (Å²) in [5.41, 5.74) is 5.73. The summed E-state index contributed by atoms with van der Waals surface area (Å²) in [6.07, 6.45) is 1.44. The highest BCUT2D eigenvalue weighted by Crippen LogP contribution is 2.08. The van der Waals surface area contributed by atoms with Gasteiger partial charge in [0.15, 0.2) is 0 Å². The van der Waals surface area contributed by atoms with Gasteiger partial charge in [-0.1, -0.05) is 0 Å². The van der Waals surface area contributed by atoms with Crippen LogP contribution in [0.1, 0.15) is 0 Å². The van der Waals surface area contributed by atoms with E-state index in [1.54, 1.807) is 4.90 Å². The Morgan fingerprint density at radius 3 is 3.05 bits per heavy atom. The number of nitrogen functional groups attached to an aromatic ring is 1. The average Bonchev–Trinajstić information content (AvgIpc) is 2.42. The second kappa shape index (κ2) is 5.85. The molecule has 0 aromatic carbocycles. The first-order valence-corrected chi connectivity index (χ1v) is 6.06. The van der Waals surface area contributed by atoms with Crippen molar-refractivity contribution in [2.45, 2.75) is 12.6 Å². The first-order chi connectivity index (χ1) is 9.11. The molecule has 1 aliphatic rings. The topological polar surface area (TPSA) is 97.8 Å². The summed E-state index contributed by atoms with van der Waals surface area (Å²) in [7, 11) is 0. The Kier molecular flexibility index (Phi) is 4.18. The van der Waals surface area contributed by atoms with E-state index in [1.165, 1.54) is 22.9 Å². The van der Waals surface area contributed by atoms with Gasteiger partial charge < -0.3 is 25.0 Å². The number of carbonyl (C=O) groups excluding carboxylic acids is 1. The maximum atomic E-state index is 12.2. The first kappa shape index (κ1) is 13.6. The van der Waals surface area contributed by atoms with Crippen LogP contribution in [0.5, 0.6) is 0 Å². The molecule has 1 amide bonds. The van der Waals surface area contributed by atoms with Gasteiger partial charge in [-0.2, -0.15) is 0 Å². The maximum absolute atomic E-state index is 12.2. The molecule has 0 bridgehead atoms. The van der Waals surface area contributed by atoms with E-state index < -0.39 is 0 Å². The number of aromatic nitrogens is 1. The van der Waals surface area contributed by atoms with Crippen molar-refractivity contribution < 1.29 is 14.6 Å². The maximum Gasteiger partial charge on any atom is 0.251 e. The summed E-state index contributed by atoms with van der Waals surface area (Å²) >= 11 is 0. The molecule has 1 unspecified atom stereocenters. The molecule has 2 heterocycles. The molecule has 0 saturated carbocycles. The zero-order valence-corrected chi connectivity index (χ0v) is 10.5. The Morgan fingerprint density at radius 2 is 2.32 bits per heavy atom. The van der Waals surface area contributed by atoms with E-state index in [4.69, 9.17) is 10.5 Å². The van der Waals surface area contributed by atoms with Crippen LogP contribution in [-0.2, 0) is 16.1 Å². The van der Waals surface area contributed by atoms with Crippen LogP contribution >= 0.6 is 0 Å². The van der Waals surface area contributed by atoms with E-state index in [1.807, 2.05) is 0 Å². The predicted molar refractivity (Wildman–Crippen MR) is 68.5 cm³/mol. The van der Waals surface area contributed by atoms with Crippen molar-refractivity contribution in [3.05, 3.63) is 28.7 Å². The van der Waals surface area contributed by atoms with Gasteiger partial charge in [-0.25, -0.2) is 0 Å². The Bertz CT molecular complexity index is 514. The van der Waals surface area contributed by atoms with Crippen LogP contribution in [0.3, 0.4) is 0 Å². The molecule has 7 heteroatoms. The van der Waals surface area contributed by atoms with Gasteiger partial charge in [-0.3, -0.25) is 9.59 Å². The van der Waals surface area contributed by atoms with Gasteiger partial charge in [0.05, 0.1) is 25.9 Å². The van der Waals surface area contributed by atoms with Crippen molar-refractivity contribution in [2.24, 2.45) is 0 Å². The van der Waals surface area contributed by atoms with E-state index in [-0.39, 0.29) is 30.7 Å². The second-order valence-corrected chi connectivity index (χ2v) is 4.43. The molecule has 0 radical (unpaired) electrons. The molecule has 2 rings (SSSR count). The molecule has 104 valence electrons. The van der Waals surface area contributed by atoms with Gasteiger partial charge in [0, 0.05) is 24.5 Å². The summed E-state index contributed by atoms with van der Waals surface area (Å²) in [4.78, 5) is 25.3. The molecular formula is C12H17N3O4. The largest absolute Gasteiger partial charge is 0.398 e. The van der Waals surface area contributed by atoms with E-state index in [0.29, 0.717) is 25.4 Å². The summed E-state index contributed by atoms with van der Waals surface area (Å²) in [5.74, 6) is -0.227. The van der Waals surface area contributed by atoms with Crippen molar-refractivity contribution in [2.75, 3.05) is 32.1 Å². The normalized spacial score (nSPS) is 19.4. The zero-order chi connectivity index (χ0) is 13.8. The zero-order valence-electron chi connectivity index (χ0n) is 10.5. The van der Waals surface area contributed by atoms with Crippen molar-refractivity contribution in [1.29, 1.82) is 0 Å². The number of anilines is 1. The Morgan fingerprint density at radius 1 is 1.53 bits per heavy atom. The lowest BCUT2D eigenvalue weighted by Gasteiger charge is -2.34. The van der Waals surface area contributed by atoms with Gasteiger partial charge in [-0.15, -0.1) is 0 Å². The molecule has 0 aliphatic carbocycles. The number of hydrogen-bond acceptors (Lipinski definition) is 5. The second-order valence-electron chi connectivity index (χ2n) is 4.43. The van der Waals surface area contributed by atoms with E-state index >= 15 is 0 Å². The number of aliphatic hydroxyl groups is 1. The van der Waals surface area contributed by atoms with Crippen molar-refractivity contribution in [3.8, 4) is 0 Å². The van der Waals surface area contributed by atoms with Crippen molar-refractivity contribution >= 4 is 11.6 Å². The molecule has 1 aliphatic heterocycles. The summed E-state index contributed by atoms with van der Waals surface area (Å²) in [6.45, 7) is 0.932. The molecule has 7 nitrogen and oxygen atoms in total. The van der Waals surface area contributed by atoms with Crippen LogP contribution in [0.2, 0.25) is 0 Å². The molecule has 3 N–H and O–H groups in total. The quantitative estimate of drug-likeness (QED) is 0.705. The first-order valence-electron chi connectivity index (χ1n) is 6.06. The number of morpholine rings is 1. The number of amides is 1. The third kappa shape index (κ3) is 3.12. The minimum absolute atomic E-state index is 0.0830. The predicted octanol–water partition coefficient (Wildman–Crippen LogP) is -1.35. The van der Waals surface area contributed by atoms with Crippen LogP contribution in [-0.4, -0.2) is 52.9 Å². The SMILES string of the molecule is Nc1ccc(=O)n(CC(=O)N2CCOCC2CO)c1. The monoisotopic (exact) mass is 267 g/mol. The minimum atomic E-state index is -0.349. The molecule has 1 atom stereocenters. The van der Waals surface area contributed by atoms with E-state index in [9.17, 15) is 14.7 Å². The van der Waals surface area contributed by atoms with Crippen LogP contribution in [0, 0.1) is 0 Å². The molecular weight excluding hydrogens is 250 g/mol. The molecule has 1 saturated heterocycles. The number of carbonyl (C=O) groups is 1. The molecule has 1 aromatic rings. The fourth-order valence-corrected chi connectivity index (χ4v) is 2.04. The number of rotatable bonds is 3. The van der Waals surface area contributed by atoms with Crippen LogP contribution in [0.4, 0.5) is 5.69 Å². The number of nitrogens with two attached hydrogens (primary N) is 1. The highest BCUT2D eigenvalue weighted by Gasteiger charge is 2.26. The van der Waals surface area contributed by atoms with Gasteiger partial charge >= 0.3 is 0 Å². The Labute approximate surface area is 110 Å². The Hall–Kier alpha value is -1.86. The highest BCUT2D eigenvalue weighted by molar-refractivity contribution is 5.76. The molecule has 19 heavy (non-hydrogen) atoms. The number of nitrogens with zero attached hydrogens (tertiary/aromatic N) is 2. The number of ether oxygens (including phenoxy) is 1. The van der Waals surface area contributed by atoms with Gasteiger partial charge in [0.25, 0.3) is 5.56 Å². The fraction of sp³-hybridized carbons (Fsp3) is 0.500. The lowest BCUT2D eigenvalue weighted by atomic mass is 10.2. The Balaban J connectivity index is 2.11. The third-order valence-corrected chi connectivity index (χ3v) is 3.07. The number of aliphatic hydroxyl groups excluding tert-OH is 1. The fourth-order valence-electron chi connectivity index (χ4n) is 2.04. The van der Waals surface area contributed by atoms with E-state index in [2.05, 4.69) is 0 Å². The van der Waals surface area contributed by atoms with Gasteiger partial charge in [0.1, 0.15) is 6.54 Å². The van der Waals surface area contributed by atoms with E-state index in [0.717, 1.165) is 0 Å². The number of pyridine rings is 1. The summed E-state index contributed by atoms with van der Waals surface area (Å²) in [5, 5.41) is 9.21. The smallest absolute Gasteiger partial charge is 0.251 e. The molecule has 0 spiro atoms. The lowest BCUT2D eigenvalue weighted by Crippen LogP contribution is -2.51. The highest BCUT2D eigenvalue weighted by atomic mass is 16.5. The van der Waals surface area contributed by atoms with Crippen LogP contribution in [0.15, 0.2) is 23.1 Å². The van der Waals surface area contributed by atoms with Crippen LogP contribution in [0.25, 0.3) is 0 Å². The van der Waals surface area contributed by atoms with Gasteiger partial charge in [-0.05, 0) is 6.07 Å². The summed E-state index contributed by atoms with van der Waals surface area (Å²) < 4.78 is 6.47. The standard InChI is InChI=1S/C12H17N3O4/c13-9-1-2-11(17)14(5-9)6-12(18)15-3-4-19-8-10(15)7-16/h1-2,5,10,16H,3-4,6-8,13H2. The lowest BCUT2D eigenvalue weighted by molar-refractivity contribution is -0.142. The van der Waals surface area contributed by atoms with Crippen LogP contribution < -0.4 is 11.3 Å². The summed E-state index contributed by atoms with van der Waals surface area (Å²) in [6, 6.07) is 2.47. The van der Waals surface area contributed by atoms with Gasteiger partial charge in [0.2, 0.25) is 5.91 Å². The third-order valence-electron chi connectivity index (χ3n) is 3.07. The van der Waals surface area contributed by atoms with Crippen molar-refractivity contribution in [1.82, 2.24) is 9.47 Å².